The fraction of sp³-hybridized carbons (Fsp3) is 0.500. The molecule has 1 aliphatic rings. The van der Waals surface area contributed by atoms with E-state index in [1.54, 1.807) is 0 Å². The van der Waals surface area contributed by atoms with E-state index in [0.29, 0.717) is 6.54 Å². The van der Waals surface area contributed by atoms with E-state index in [4.69, 9.17) is 5.73 Å². The summed E-state index contributed by atoms with van der Waals surface area (Å²) in [7, 11) is 0. The summed E-state index contributed by atoms with van der Waals surface area (Å²) in [6, 6.07) is 8.21. The molecule has 18 heavy (non-hydrogen) atoms. The summed E-state index contributed by atoms with van der Waals surface area (Å²) in [5, 5.41) is 2.91. The Bertz CT molecular complexity index is 402. The van der Waals surface area contributed by atoms with Crippen LogP contribution in [0.25, 0.3) is 0 Å². The van der Waals surface area contributed by atoms with Crippen LogP contribution in [0.15, 0.2) is 24.3 Å². The van der Waals surface area contributed by atoms with Gasteiger partial charge in [0.25, 0.3) is 0 Å². The predicted molar refractivity (Wildman–Crippen MR) is 73.5 cm³/mol. The lowest BCUT2D eigenvalue weighted by Crippen LogP contribution is -2.33. The molecular weight excluding hydrogens is 226 g/mol. The molecule has 1 heterocycles. The highest BCUT2D eigenvalue weighted by molar-refractivity contribution is 5.92. The van der Waals surface area contributed by atoms with Crippen LogP contribution in [-0.2, 0) is 11.2 Å². The van der Waals surface area contributed by atoms with Crippen molar-refractivity contribution in [1.82, 2.24) is 4.90 Å². The highest BCUT2D eigenvalue weighted by atomic mass is 16.2. The molecule has 1 aromatic rings. The number of amides is 1. The van der Waals surface area contributed by atoms with E-state index < -0.39 is 0 Å². The molecule has 0 aromatic heterocycles. The predicted octanol–water partition coefficient (Wildman–Crippen LogP) is 1.22. The van der Waals surface area contributed by atoms with E-state index in [2.05, 4.69) is 17.1 Å². The molecule has 2 rings (SSSR count). The topological polar surface area (TPSA) is 58.4 Å². The van der Waals surface area contributed by atoms with E-state index in [1.807, 2.05) is 24.3 Å². The lowest BCUT2D eigenvalue weighted by Gasteiger charge is -2.14. The van der Waals surface area contributed by atoms with Crippen molar-refractivity contribution in [3.63, 3.8) is 0 Å². The standard InChI is InChI=1S/C14H21N3O/c1-2-11-3-5-13(6-4-11)16-14(18)10-17-8-7-12(15)9-17/h3-6,12H,2,7-10,15H2,1H3,(H,16,18). The normalized spacial score (nSPS) is 20.0. The molecule has 1 atom stereocenters. The van der Waals surface area contributed by atoms with Crippen LogP contribution in [0.2, 0.25) is 0 Å². The van der Waals surface area contributed by atoms with E-state index in [-0.39, 0.29) is 11.9 Å². The van der Waals surface area contributed by atoms with Crippen molar-refractivity contribution >= 4 is 11.6 Å². The van der Waals surface area contributed by atoms with E-state index >= 15 is 0 Å². The quantitative estimate of drug-likeness (QED) is 0.841. The second-order valence-electron chi connectivity index (χ2n) is 4.88. The third-order valence-corrected chi connectivity index (χ3v) is 3.32. The minimum Gasteiger partial charge on any atom is -0.326 e. The van der Waals surface area contributed by atoms with Crippen molar-refractivity contribution < 1.29 is 4.79 Å². The zero-order valence-corrected chi connectivity index (χ0v) is 10.9. The largest absolute Gasteiger partial charge is 0.326 e. The zero-order chi connectivity index (χ0) is 13.0. The number of hydrogen-bond acceptors (Lipinski definition) is 3. The van der Waals surface area contributed by atoms with Crippen LogP contribution in [-0.4, -0.2) is 36.5 Å². The average molecular weight is 247 g/mol. The average Bonchev–Trinajstić information content (AvgIpc) is 2.75. The summed E-state index contributed by atoms with van der Waals surface area (Å²) in [5.74, 6) is 0.0355. The first kappa shape index (κ1) is 13.1. The summed E-state index contributed by atoms with van der Waals surface area (Å²) >= 11 is 0. The van der Waals surface area contributed by atoms with Crippen molar-refractivity contribution in [2.45, 2.75) is 25.8 Å². The van der Waals surface area contributed by atoms with Gasteiger partial charge in [0.05, 0.1) is 6.54 Å². The number of rotatable bonds is 4. The highest BCUT2D eigenvalue weighted by Gasteiger charge is 2.20. The van der Waals surface area contributed by atoms with Gasteiger partial charge in [-0.3, -0.25) is 9.69 Å². The Kier molecular flexibility index (Phi) is 4.33. The van der Waals surface area contributed by atoms with Crippen LogP contribution in [0.3, 0.4) is 0 Å². The van der Waals surface area contributed by atoms with Crippen molar-refractivity contribution in [2.75, 3.05) is 25.0 Å². The molecule has 1 saturated heterocycles. The first-order valence-corrected chi connectivity index (χ1v) is 6.54. The molecule has 0 bridgehead atoms. The third kappa shape index (κ3) is 3.55. The lowest BCUT2D eigenvalue weighted by molar-refractivity contribution is -0.117. The van der Waals surface area contributed by atoms with Gasteiger partial charge in [0.2, 0.25) is 5.91 Å². The van der Waals surface area contributed by atoms with E-state index in [9.17, 15) is 4.79 Å². The molecule has 0 aliphatic carbocycles. The maximum atomic E-state index is 11.8. The molecule has 1 aromatic carbocycles. The van der Waals surface area contributed by atoms with Gasteiger partial charge >= 0.3 is 0 Å². The number of anilines is 1. The zero-order valence-electron chi connectivity index (χ0n) is 10.9. The number of hydrogen-bond donors (Lipinski definition) is 2. The summed E-state index contributed by atoms with van der Waals surface area (Å²) in [6.45, 7) is 4.29. The molecule has 1 unspecified atom stereocenters. The second kappa shape index (κ2) is 5.98. The number of nitrogens with one attached hydrogen (secondary N) is 1. The van der Waals surface area contributed by atoms with Gasteiger partial charge in [0.15, 0.2) is 0 Å². The molecule has 4 nitrogen and oxygen atoms in total. The first-order valence-electron chi connectivity index (χ1n) is 6.54. The number of aryl methyl sites for hydroxylation is 1. The van der Waals surface area contributed by atoms with Crippen LogP contribution >= 0.6 is 0 Å². The smallest absolute Gasteiger partial charge is 0.238 e. The van der Waals surface area contributed by atoms with Gasteiger partial charge < -0.3 is 11.1 Å². The maximum Gasteiger partial charge on any atom is 0.238 e. The number of nitrogens with zero attached hydrogens (tertiary/aromatic N) is 1. The van der Waals surface area contributed by atoms with Crippen molar-refractivity contribution in [3.8, 4) is 0 Å². The lowest BCUT2D eigenvalue weighted by atomic mass is 10.1. The number of likely N-dealkylation sites (tertiary alicyclic amines) is 1. The Balaban J connectivity index is 1.83. The minimum atomic E-state index is 0.0355. The molecule has 3 N–H and O–H groups in total. The first-order chi connectivity index (χ1) is 8.67. The number of benzene rings is 1. The van der Waals surface area contributed by atoms with Gasteiger partial charge in [-0.2, -0.15) is 0 Å². The Labute approximate surface area is 108 Å². The number of carbonyl (C=O) groups is 1. The molecule has 98 valence electrons. The summed E-state index contributed by atoms with van der Waals surface area (Å²) < 4.78 is 0. The number of nitrogens with two attached hydrogens (primary N) is 1. The van der Waals surface area contributed by atoms with Crippen LogP contribution in [0.5, 0.6) is 0 Å². The molecule has 0 spiro atoms. The molecule has 0 radical (unpaired) electrons. The van der Waals surface area contributed by atoms with Gasteiger partial charge in [0, 0.05) is 24.8 Å². The van der Waals surface area contributed by atoms with Gasteiger partial charge in [-0.25, -0.2) is 0 Å². The monoisotopic (exact) mass is 247 g/mol. The molecule has 4 heteroatoms. The van der Waals surface area contributed by atoms with Crippen molar-refractivity contribution in [3.05, 3.63) is 29.8 Å². The van der Waals surface area contributed by atoms with Crippen molar-refractivity contribution in [2.24, 2.45) is 5.73 Å². The summed E-state index contributed by atoms with van der Waals surface area (Å²) in [4.78, 5) is 13.9. The van der Waals surface area contributed by atoms with E-state index in [0.717, 1.165) is 31.6 Å². The Morgan fingerprint density at radius 1 is 1.44 bits per heavy atom. The highest BCUT2D eigenvalue weighted by Crippen LogP contribution is 2.11. The van der Waals surface area contributed by atoms with E-state index in [1.165, 1.54) is 5.56 Å². The summed E-state index contributed by atoms with van der Waals surface area (Å²) in [5.41, 5.74) is 7.95. The van der Waals surface area contributed by atoms with Crippen LogP contribution < -0.4 is 11.1 Å². The fourth-order valence-corrected chi connectivity index (χ4v) is 2.23. The van der Waals surface area contributed by atoms with Gasteiger partial charge in [-0.1, -0.05) is 19.1 Å². The third-order valence-electron chi connectivity index (χ3n) is 3.32. The molecular formula is C14H21N3O. The Morgan fingerprint density at radius 2 is 2.17 bits per heavy atom. The molecule has 1 fully saturated rings. The Morgan fingerprint density at radius 3 is 2.72 bits per heavy atom. The summed E-state index contributed by atoms with van der Waals surface area (Å²) in [6.07, 6.45) is 2.00. The van der Waals surface area contributed by atoms with Crippen LogP contribution in [0, 0.1) is 0 Å². The minimum absolute atomic E-state index is 0.0355. The maximum absolute atomic E-state index is 11.8. The molecule has 0 saturated carbocycles. The number of carbonyl (C=O) groups excluding carboxylic acids is 1. The second-order valence-corrected chi connectivity index (χ2v) is 4.88. The van der Waals surface area contributed by atoms with Crippen LogP contribution in [0.4, 0.5) is 5.69 Å². The fourth-order valence-electron chi connectivity index (χ4n) is 2.23. The van der Waals surface area contributed by atoms with Gasteiger partial charge in [0.1, 0.15) is 0 Å². The molecule has 1 aliphatic heterocycles. The van der Waals surface area contributed by atoms with Gasteiger partial charge in [-0.15, -0.1) is 0 Å². The van der Waals surface area contributed by atoms with Crippen LogP contribution in [0.1, 0.15) is 18.9 Å². The molecule has 1 amide bonds. The van der Waals surface area contributed by atoms with Crippen molar-refractivity contribution in [1.29, 1.82) is 0 Å². The Hall–Kier alpha value is -1.39. The van der Waals surface area contributed by atoms with Gasteiger partial charge in [-0.05, 0) is 30.5 Å². The SMILES string of the molecule is CCc1ccc(NC(=O)CN2CCC(N)C2)cc1.